The summed E-state index contributed by atoms with van der Waals surface area (Å²) in [6, 6.07) is 3.55. The minimum atomic E-state index is -0.882. The number of fused-ring (bicyclic) bond motifs is 1. The number of aromatic nitrogens is 3. The van der Waals surface area contributed by atoms with E-state index in [1.807, 2.05) is 0 Å². The van der Waals surface area contributed by atoms with Gasteiger partial charge >= 0.3 is 6.01 Å². The van der Waals surface area contributed by atoms with E-state index in [1.165, 1.54) is 7.11 Å². The molecule has 2 aliphatic carbocycles. The third-order valence-electron chi connectivity index (χ3n) is 10.0. The minimum Gasteiger partial charge on any atom is -0.475 e. The summed E-state index contributed by atoms with van der Waals surface area (Å²) in [6.07, 6.45) is 5.60. The number of rotatable bonds is 10. The lowest BCUT2D eigenvalue weighted by Crippen LogP contribution is -2.43. The first-order valence-electron chi connectivity index (χ1n) is 16.1. The molecule has 1 aromatic carbocycles. The van der Waals surface area contributed by atoms with E-state index in [1.54, 1.807) is 12.1 Å². The summed E-state index contributed by atoms with van der Waals surface area (Å²) in [5.41, 5.74) is 1.18. The molecule has 12 heteroatoms. The molecule has 240 valence electrons. The fraction of sp³-hybridized carbons (Fsp3) is 0.606. The molecule has 0 bridgehead atoms. The SMILES string of the molecule is COCOc1cc(Cl)c(C2CC2)c(-c2nc3c4c(nc(OC[C@@]56CCCN5C[C@H](F)C6)nc4c2F)N(CC2CC2)[C@@H](C)CO3)c1. The van der Waals surface area contributed by atoms with Gasteiger partial charge < -0.3 is 23.8 Å². The van der Waals surface area contributed by atoms with E-state index >= 15 is 4.39 Å². The number of anilines is 1. The summed E-state index contributed by atoms with van der Waals surface area (Å²) in [7, 11) is 1.54. The van der Waals surface area contributed by atoms with Crippen molar-refractivity contribution < 1.29 is 27.7 Å². The van der Waals surface area contributed by atoms with Gasteiger partial charge in [-0.15, -0.1) is 0 Å². The molecule has 4 fully saturated rings. The Morgan fingerprint density at radius 3 is 2.76 bits per heavy atom. The number of pyridine rings is 1. The Morgan fingerprint density at radius 1 is 1.13 bits per heavy atom. The maximum absolute atomic E-state index is 17.0. The average Bonchev–Trinajstić information content (AvgIpc) is 3.95. The van der Waals surface area contributed by atoms with Gasteiger partial charge in [-0.2, -0.15) is 9.97 Å². The smallest absolute Gasteiger partial charge is 0.319 e. The number of ether oxygens (including phenoxy) is 4. The van der Waals surface area contributed by atoms with Crippen LogP contribution in [0.1, 0.15) is 63.4 Å². The summed E-state index contributed by atoms with van der Waals surface area (Å²) in [5, 5.41) is 0.929. The minimum absolute atomic E-state index is 0.0224. The number of alkyl halides is 1. The number of benzene rings is 1. The second-order valence-corrected chi connectivity index (χ2v) is 13.9. The lowest BCUT2D eigenvalue weighted by Gasteiger charge is -2.31. The Morgan fingerprint density at radius 2 is 1.98 bits per heavy atom. The van der Waals surface area contributed by atoms with Crippen LogP contribution in [0, 0.1) is 11.7 Å². The van der Waals surface area contributed by atoms with Gasteiger partial charge in [-0.3, -0.25) is 4.90 Å². The van der Waals surface area contributed by atoms with Crippen LogP contribution in [-0.4, -0.2) is 84.4 Å². The van der Waals surface area contributed by atoms with Crippen molar-refractivity contribution in [1.29, 1.82) is 0 Å². The standard InChI is InChI=1S/C33H38ClF2N5O4/c1-18-15-43-31-26-29(27(36)28(37-31)23-10-22(45-17-42-2)11-24(34)25(23)20-6-7-20)38-32(39-30(26)41(18)13-19-4-5-19)44-16-33-8-3-9-40(33)14-21(35)12-33/h10-11,18-21H,3-9,12-17H2,1-2H3/t18-,21+,33-/m0/s1. The molecule has 8 rings (SSSR count). The number of halogens is 3. The van der Waals surface area contributed by atoms with Gasteiger partial charge in [-0.1, -0.05) is 11.6 Å². The summed E-state index contributed by atoms with van der Waals surface area (Å²) in [6.45, 7) is 4.76. The van der Waals surface area contributed by atoms with Gasteiger partial charge in [0.25, 0.3) is 0 Å². The molecule has 45 heavy (non-hydrogen) atoms. The third kappa shape index (κ3) is 5.34. The maximum atomic E-state index is 17.0. The highest BCUT2D eigenvalue weighted by molar-refractivity contribution is 6.32. The number of hydrogen-bond acceptors (Lipinski definition) is 9. The molecule has 0 radical (unpaired) electrons. The highest BCUT2D eigenvalue weighted by Crippen LogP contribution is 2.51. The van der Waals surface area contributed by atoms with Crippen molar-refractivity contribution in [3.8, 4) is 28.9 Å². The Labute approximate surface area is 266 Å². The van der Waals surface area contributed by atoms with Crippen LogP contribution in [0.15, 0.2) is 12.1 Å². The molecular weight excluding hydrogens is 604 g/mol. The van der Waals surface area contributed by atoms with E-state index in [2.05, 4.69) is 21.7 Å². The van der Waals surface area contributed by atoms with E-state index < -0.39 is 12.0 Å². The van der Waals surface area contributed by atoms with Gasteiger partial charge in [0.05, 0.1) is 11.6 Å². The summed E-state index contributed by atoms with van der Waals surface area (Å²) < 4.78 is 55.0. The van der Waals surface area contributed by atoms with Crippen molar-refractivity contribution in [3.05, 3.63) is 28.5 Å². The van der Waals surface area contributed by atoms with Crippen molar-refractivity contribution >= 4 is 28.3 Å². The zero-order chi connectivity index (χ0) is 30.9. The summed E-state index contributed by atoms with van der Waals surface area (Å²) in [4.78, 5) is 18.8. The molecule has 0 amide bonds. The molecule has 5 aliphatic rings. The zero-order valence-corrected chi connectivity index (χ0v) is 26.4. The first-order chi connectivity index (χ1) is 21.8. The van der Waals surface area contributed by atoms with Crippen LogP contribution in [0.3, 0.4) is 0 Å². The molecule has 3 aliphatic heterocycles. The highest BCUT2D eigenvalue weighted by atomic mass is 35.5. The lowest BCUT2D eigenvalue weighted by molar-refractivity contribution is 0.0511. The Bertz CT molecular complexity index is 1640. The second-order valence-electron chi connectivity index (χ2n) is 13.4. The van der Waals surface area contributed by atoms with E-state index in [-0.39, 0.29) is 54.0 Å². The van der Waals surface area contributed by atoms with Gasteiger partial charge in [0.15, 0.2) is 12.6 Å². The van der Waals surface area contributed by atoms with Crippen molar-refractivity contribution in [1.82, 2.24) is 19.9 Å². The fourth-order valence-electron chi connectivity index (χ4n) is 7.44. The third-order valence-corrected chi connectivity index (χ3v) is 10.4. The molecule has 5 heterocycles. The average molecular weight is 642 g/mol. The topological polar surface area (TPSA) is 82.1 Å². The fourth-order valence-corrected chi connectivity index (χ4v) is 7.80. The maximum Gasteiger partial charge on any atom is 0.319 e. The van der Waals surface area contributed by atoms with Gasteiger partial charge in [-0.05, 0) is 81.5 Å². The zero-order valence-electron chi connectivity index (χ0n) is 25.7. The molecule has 2 saturated heterocycles. The highest BCUT2D eigenvalue weighted by Gasteiger charge is 2.49. The molecule has 0 spiro atoms. The van der Waals surface area contributed by atoms with Crippen LogP contribution in [-0.2, 0) is 4.74 Å². The van der Waals surface area contributed by atoms with E-state index in [0.717, 1.165) is 57.2 Å². The molecular formula is C33H38ClF2N5O4. The van der Waals surface area contributed by atoms with Crippen molar-refractivity contribution in [3.63, 3.8) is 0 Å². The Kier molecular flexibility index (Phi) is 7.41. The second kappa shape index (κ2) is 11.3. The van der Waals surface area contributed by atoms with Gasteiger partial charge in [-0.25, -0.2) is 13.8 Å². The Hall–Kier alpha value is -3.02. The monoisotopic (exact) mass is 641 g/mol. The van der Waals surface area contributed by atoms with Crippen molar-refractivity contribution in [2.45, 2.75) is 75.5 Å². The van der Waals surface area contributed by atoms with Crippen molar-refractivity contribution in [2.75, 3.05) is 51.7 Å². The molecule has 0 unspecified atom stereocenters. The number of hydrogen-bond donors (Lipinski definition) is 0. The van der Waals surface area contributed by atoms with E-state index in [4.69, 9.17) is 40.5 Å². The quantitative estimate of drug-likeness (QED) is 0.237. The van der Waals surface area contributed by atoms with Gasteiger partial charge in [0.2, 0.25) is 5.88 Å². The van der Waals surface area contributed by atoms with Crippen LogP contribution in [0.4, 0.5) is 14.6 Å². The number of nitrogens with zero attached hydrogens (tertiary/aromatic N) is 5. The lowest BCUT2D eigenvalue weighted by atomic mass is 9.95. The van der Waals surface area contributed by atoms with Gasteiger partial charge in [0.1, 0.15) is 47.5 Å². The summed E-state index contributed by atoms with van der Waals surface area (Å²) in [5.74, 6) is 1.45. The molecule has 2 aromatic heterocycles. The first kappa shape index (κ1) is 29.4. The Balaban J connectivity index is 1.27. The summed E-state index contributed by atoms with van der Waals surface area (Å²) >= 11 is 6.79. The molecule has 3 aromatic rings. The number of methoxy groups -OCH3 is 1. The first-order valence-corrected chi connectivity index (χ1v) is 16.5. The van der Waals surface area contributed by atoms with Crippen LogP contribution >= 0.6 is 11.6 Å². The van der Waals surface area contributed by atoms with Crippen LogP contribution in [0.25, 0.3) is 22.2 Å². The molecule has 3 atom stereocenters. The van der Waals surface area contributed by atoms with Crippen LogP contribution in [0.5, 0.6) is 17.6 Å². The van der Waals surface area contributed by atoms with Crippen LogP contribution < -0.4 is 19.1 Å². The predicted molar refractivity (Wildman–Crippen MR) is 166 cm³/mol. The normalized spacial score (nSPS) is 26.2. The predicted octanol–water partition coefficient (Wildman–Crippen LogP) is 6.30. The molecule has 0 N–H and O–H groups in total. The van der Waals surface area contributed by atoms with E-state index in [9.17, 15) is 4.39 Å². The van der Waals surface area contributed by atoms with Crippen LogP contribution in [0.2, 0.25) is 5.02 Å². The van der Waals surface area contributed by atoms with Crippen molar-refractivity contribution in [2.24, 2.45) is 5.92 Å². The van der Waals surface area contributed by atoms with Gasteiger partial charge in [0, 0.05) is 37.2 Å². The van der Waals surface area contributed by atoms with E-state index in [0.29, 0.717) is 53.0 Å². The molecule has 9 nitrogen and oxygen atoms in total. The largest absolute Gasteiger partial charge is 0.475 e. The molecule has 2 saturated carbocycles.